The van der Waals surface area contributed by atoms with Crippen LogP contribution in [0, 0.1) is 17.5 Å². The molecule has 0 N–H and O–H groups in total. The summed E-state index contributed by atoms with van der Waals surface area (Å²) in [5.74, 6) is -2.99. The zero-order valence-electron chi connectivity index (χ0n) is 10.3. The Morgan fingerprint density at radius 1 is 0.947 bits per heavy atom. The third-order valence-corrected chi connectivity index (χ3v) is 4.02. The Hall–Kier alpha value is -1.29. The molecule has 4 heteroatoms. The maximum Gasteiger partial charge on any atom is 0.161 e. The standard InChI is InChI=1S/C15H12BrF3/c1-2-9-3-5-10(6-4-9)15(16)11-7-13(18)14(19)8-12(11)17/h3-8,15H,2H2,1H3. The molecule has 0 heterocycles. The minimum atomic E-state index is -1.18. The van der Waals surface area contributed by atoms with Crippen molar-refractivity contribution < 1.29 is 13.2 Å². The summed E-state index contributed by atoms with van der Waals surface area (Å²) < 4.78 is 39.8. The molecular weight excluding hydrogens is 317 g/mol. The van der Waals surface area contributed by atoms with Gasteiger partial charge in [-0.05, 0) is 23.6 Å². The van der Waals surface area contributed by atoms with Gasteiger partial charge in [-0.25, -0.2) is 13.2 Å². The van der Waals surface area contributed by atoms with Gasteiger partial charge in [0.25, 0.3) is 0 Å². The summed E-state index contributed by atoms with van der Waals surface area (Å²) in [6.07, 6.45) is 0.909. The molecule has 1 unspecified atom stereocenters. The molecule has 0 fully saturated rings. The van der Waals surface area contributed by atoms with Crippen LogP contribution < -0.4 is 0 Å². The van der Waals surface area contributed by atoms with Gasteiger partial charge in [0.05, 0.1) is 4.83 Å². The minimum absolute atomic E-state index is 0.0862. The van der Waals surface area contributed by atoms with Gasteiger partial charge >= 0.3 is 0 Å². The molecule has 0 aliphatic carbocycles. The van der Waals surface area contributed by atoms with Crippen LogP contribution in [0.1, 0.15) is 28.4 Å². The van der Waals surface area contributed by atoms with E-state index >= 15 is 0 Å². The fourth-order valence-corrected chi connectivity index (χ4v) is 2.49. The van der Waals surface area contributed by atoms with Gasteiger partial charge in [-0.3, -0.25) is 0 Å². The second-order valence-corrected chi connectivity index (χ2v) is 5.16. The molecule has 0 bridgehead atoms. The lowest BCUT2D eigenvalue weighted by Gasteiger charge is -2.12. The predicted octanol–water partition coefficient (Wildman–Crippen LogP) is 5.15. The Balaban J connectivity index is 2.37. The second-order valence-electron chi connectivity index (χ2n) is 4.25. The van der Waals surface area contributed by atoms with Crippen molar-refractivity contribution in [1.82, 2.24) is 0 Å². The topological polar surface area (TPSA) is 0 Å². The quantitative estimate of drug-likeness (QED) is 0.540. The Kier molecular flexibility index (Phi) is 4.30. The van der Waals surface area contributed by atoms with Crippen molar-refractivity contribution in [2.75, 3.05) is 0 Å². The second kappa shape index (κ2) is 5.78. The van der Waals surface area contributed by atoms with Crippen molar-refractivity contribution in [3.05, 3.63) is 70.5 Å². The number of halogens is 4. The molecule has 0 spiro atoms. The highest BCUT2D eigenvalue weighted by atomic mass is 79.9. The van der Waals surface area contributed by atoms with Gasteiger partial charge in [0, 0.05) is 11.6 Å². The predicted molar refractivity (Wildman–Crippen MR) is 72.9 cm³/mol. The number of alkyl halides is 1. The van der Waals surface area contributed by atoms with E-state index < -0.39 is 22.3 Å². The zero-order valence-corrected chi connectivity index (χ0v) is 11.8. The van der Waals surface area contributed by atoms with Crippen LogP contribution in [0.25, 0.3) is 0 Å². The molecule has 0 saturated carbocycles. The molecule has 0 aromatic heterocycles. The summed E-state index contributed by atoms with van der Waals surface area (Å²) in [7, 11) is 0. The molecule has 0 aliphatic rings. The summed E-state index contributed by atoms with van der Waals surface area (Å²) >= 11 is 3.32. The number of benzene rings is 2. The van der Waals surface area contributed by atoms with Crippen molar-refractivity contribution in [2.24, 2.45) is 0 Å². The van der Waals surface area contributed by atoms with Crippen LogP contribution in [0.2, 0.25) is 0 Å². The molecule has 0 saturated heterocycles. The third kappa shape index (κ3) is 3.00. The Morgan fingerprint density at radius 2 is 1.53 bits per heavy atom. The molecule has 0 amide bonds. The summed E-state index contributed by atoms with van der Waals surface area (Å²) in [5.41, 5.74) is 2.04. The number of rotatable bonds is 3. The zero-order chi connectivity index (χ0) is 14.0. The van der Waals surface area contributed by atoms with Crippen LogP contribution in [0.3, 0.4) is 0 Å². The van der Waals surface area contributed by atoms with E-state index in [0.29, 0.717) is 6.07 Å². The maximum absolute atomic E-state index is 13.7. The van der Waals surface area contributed by atoms with E-state index in [9.17, 15) is 13.2 Å². The van der Waals surface area contributed by atoms with E-state index in [2.05, 4.69) is 15.9 Å². The van der Waals surface area contributed by atoms with Crippen LogP contribution in [0.5, 0.6) is 0 Å². The average molecular weight is 329 g/mol. The fourth-order valence-electron chi connectivity index (χ4n) is 1.83. The van der Waals surface area contributed by atoms with Crippen molar-refractivity contribution in [3.8, 4) is 0 Å². The number of hydrogen-bond donors (Lipinski definition) is 0. The van der Waals surface area contributed by atoms with E-state index in [4.69, 9.17) is 0 Å². The van der Waals surface area contributed by atoms with Crippen molar-refractivity contribution >= 4 is 15.9 Å². The van der Waals surface area contributed by atoms with Crippen LogP contribution >= 0.6 is 15.9 Å². The van der Waals surface area contributed by atoms with E-state index in [1.807, 2.05) is 31.2 Å². The summed E-state index contributed by atoms with van der Waals surface area (Å²) in [6, 6.07) is 9.01. The Labute approximate surface area is 118 Å². The van der Waals surface area contributed by atoms with Crippen molar-refractivity contribution in [1.29, 1.82) is 0 Å². The van der Waals surface area contributed by atoms with Crippen molar-refractivity contribution in [3.63, 3.8) is 0 Å². The van der Waals surface area contributed by atoms with Gasteiger partial charge in [-0.1, -0.05) is 47.1 Å². The molecule has 0 nitrogen and oxygen atoms in total. The van der Waals surface area contributed by atoms with Gasteiger partial charge in [0.1, 0.15) is 5.82 Å². The van der Waals surface area contributed by atoms with Crippen LogP contribution in [-0.2, 0) is 6.42 Å². The monoisotopic (exact) mass is 328 g/mol. The van der Waals surface area contributed by atoms with E-state index in [1.54, 1.807) is 0 Å². The third-order valence-electron chi connectivity index (χ3n) is 2.99. The van der Waals surface area contributed by atoms with Crippen LogP contribution in [0.4, 0.5) is 13.2 Å². The largest absolute Gasteiger partial charge is 0.207 e. The van der Waals surface area contributed by atoms with E-state index in [0.717, 1.165) is 23.6 Å². The fraction of sp³-hybridized carbons (Fsp3) is 0.200. The molecule has 2 rings (SSSR count). The molecule has 1 atom stereocenters. The first kappa shape index (κ1) is 14.1. The minimum Gasteiger partial charge on any atom is -0.207 e. The molecule has 19 heavy (non-hydrogen) atoms. The normalized spacial score (nSPS) is 12.5. The van der Waals surface area contributed by atoms with E-state index in [-0.39, 0.29) is 5.56 Å². The van der Waals surface area contributed by atoms with Crippen LogP contribution in [0.15, 0.2) is 36.4 Å². The highest BCUT2D eigenvalue weighted by molar-refractivity contribution is 9.09. The number of aryl methyl sites for hydroxylation is 1. The van der Waals surface area contributed by atoms with Gasteiger partial charge in [0.2, 0.25) is 0 Å². The van der Waals surface area contributed by atoms with Gasteiger partial charge < -0.3 is 0 Å². The first-order chi connectivity index (χ1) is 9.02. The highest BCUT2D eigenvalue weighted by Crippen LogP contribution is 2.33. The summed E-state index contributed by atoms with van der Waals surface area (Å²) in [6.45, 7) is 2.04. The lowest BCUT2D eigenvalue weighted by molar-refractivity contribution is 0.491. The lowest BCUT2D eigenvalue weighted by Crippen LogP contribution is -2.00. The van der Waals surface area contributed by atoms with Crippen molar-refractivity contribution in [2.45, 2.75) is 18.2 Å². The molecular formula is C15H12BrF3. The van der Waals surface area contributed by atoms with Crippen LogP contribution in [-0.4, -0.2) is 0 Å². The van der Waals surface area contributed by atoms with Gasteiger partial charge in [0.15, 0.2) is 11.6 Å². The Morgan fingerprint density at radius 3 is 2.11 bits per heavy atom. The molecule has 2 aromatic rings. The Bertz CT molecular complexity index is 579. The first-order valence-electron chi connectivity index (χ1n) is 5.90. The number of hydrogen-bond acceptors (Lipinski definition) is 0. The van der Waals surface area contributed by atoms with Gasteiger partial charge in [-0.15, -0.1) is 0 Å². The SMILES string of the molecule is CCc1ccc(C(Br)c2cc(F)c(F)cc2F)cc1. The van der Waals surface area contributed by atoms with Gasteiger partial charge in [-0.2, -0.15) is 0 Å². The molecule has 100 valence electrons. The summed E-state index contributed by atoms with van der Waals surface area (Å²) in [5, 5.41) is 0. The first-order valence-corrected chi connectivity index (χ1v) is 6.81. The highest BCUT2D eigenvalue weighted by Gasteiger charge is 2.18. The molecule has 0 radical (unpaired) electrons. The average Bonchev–Trinajstić information content (AvgIpc) is 2.42. The smallest absolute Gasteiger partial charge is 0.161 e. The summed E-state index contributed by atoms with van der Waals surface area (Å²) in [4.78, 5) is -0.506. The maximum atomic E-state index is 13.7. The molecule has 0 aliphatic heterocycles. The lowest BCUT2D eigenvalue weighted by atomic mass is 10.0. The van der Waals surface area contributed by atoms with E-state index in [1.165, 1.54) is 0 Å². The molecule has 2 aromatic carbocycles.